The highest BCUT2D eigenvalue weighted by Gasteiger charge is 2.44. The van der Waals surface area contributed by atoms with Crippen molar-refractivity contribution in [3.63, 3.8) is 0 Å². The van der Waals surface area contributed by atoms with Crippen LogP contribution in [0, 0.1) is 11.3 Å². The minimum atomic E-state index is 0.902. The summed E-state index contributed by atoms with van der Waals surface area (Å²) in [6, 6.07) is 0. The van der Waals surface area contributed by atoms with Crippen molar-refractivity contribution >= 4 is 0 Å². The Balaban J connectivity index is 1.91. The standard InChI is InChI=1S/C10H18/c1-2-9-4-3-5-10(8-9)6-7-10/h9H,2-8H2,1H3/t9-/m0/s1. The third kappa shape index (κ3) is 1.09. The molecule has 0 bridgehead atoms. The fourth-order valence-corrected chi connectivity index (χ4v) is 2.56. The summed E-state index contributed by atoms with van der Waals surface area (Å²) in [4.78, 5) is 0. The molecule has 10 heavy (non-hydrogen) atoms. The first-order chi connectivity index (χ1) is 4.85. The summed E-state index contributed by atoms with van der Waals surface area (Å²) < 4.78 is 0. The molecule has 0 aromatic rings. The highest BCUT2D eigenvalue weighted by atomic mass is 14.5. The molecule has 0 heteroatoms. The van der Waals surface area contributed by atoms with E-state index in [4.69, 9.17) is 0 Å². The molecule has 1 atom stereocenters. The van der Waals surface area contributed by atoms with E-state index < -0.39 is 0 Å². The van der Waals surface area contributed by atoms with E-state index in [-0.39, 0.29) is 0 Å². The van der Waals surface area contributed by atoms with Gasteiger partial charge in [-0.2, -0.15) is 0 Å². The molecule has 0 radical (unpaired) electrons. The van der Waals surface area contributed by atoms with Crippen LogP contribution in [0.2, 0.25) is 0 Å². The molecule has 0 heterocycles. The zero-order valence-electron chi connectivity index (χ0n) is 7.03. The first kappa shape index (κ1) is 6.69. The van der Waals surface area contributed by atoms with Crippen LogP contribution in [0.25, 0.3) is 0 Å². The van der Waals surface area contributed by atoms with Crippen molar-refractivity contribution in [1.29, 1.82) is 0 Å². The predicted molar refractivity (Wildman–Crippen MR) is 43.9 cm³/mol. The van der Waals surface area contributed by atoms with E-state index in [1.165, 1.54) is 19.3 Å². The topological polar surface area (TPSA) is 0 Å². The highest BCUT2D eigenvalue weighted by molar-refractivity contribution is 4.96. The molecule has 2 fully saturated rings. The molecule has 0 N–H and O–H groups in total. The molecule has 0 saturated heterocycles. The summed E-state index contributed by atoms with van der Waals surface area (Å²) in [6.07, 6.45) is 10.7. The van der Waals surface area contributed by atoms with Gasteiger partial charge in [-0.3, -0.25) is 0 Å². The van der Waals surface area contributed by atoms with Gasteiger partial charge in [-0.25, -0.2) is 0 Å². The molecule has 0 aromatic heterocycles. The van der Waals surface area contributed by atoms with Gasteiger partial charge in [0.05, 0.1) is 0 Å². The van der Waals surface area contributed by atoms with Gasteiger partial charge < -0.3 is 0 Å². The van der Waals surface area contributed by atoms with E-state index in [1.807, 2.05) is 0 Å². The van der Waals surface area contributed by atoms with Gasteiger partial charge in [0.2, 0.25) is 0 Å². The van der Waals surface area contributed by atoms with E-state index in [2.05, 4.69) is 6.92 Å². The molecule has 0 unspecified atom stereocenters. The van der Waals surface area contributed by atoms with E-state index in [9.17, 15) is 0 Å². The maximum atomic E-state index is 2.35. The van der Waals surface area contributed by atoms with E-state index in [1.54, 1.807) is 25.7 Å². The van der Waals surface area contributed by atoms with Gasteiger partial charge in [0, 0.05) is 0 Å². The first-order valence-electron chi connectivity index (χ1n) is 4.85. The second-order valence-corrected chi connectivity index (χ2v) is 4.37. The summed E-state index contributed by atoms with van der Waals surface area (Å²) in [7, 11) is 0. The Kier molecular flexibility index (Phi) is 1.51. The van der Waals surface area contributed by atoms with Crippen molar-refractivity contribution in [2.45, 2.75) is 51.9 Å². The van der Waals surface area contributed by atoms with Crippen LogP contribution in [0.15, 0.2) is 0 Å². The van der Waals surface area contributed by atoms with Crippen LogP contribution >= 0.6 is 0 Å². The minimum absolute atomic E-state index is 0.902. The van der Waals surface area contributed by atoms with Gasteiger partial charge in [-0.1, -0.05) is 26.2 Å². The molecule has 58 valence electrons. The smallest absolute Gasteiger partial charge is 0.0294 e. The van der Waals surface area contributed by atoms with Crippen molar-refractivity contribution in [1.82, 2.24) is 0 Å². The second-order valence-electron chi connectivity index (χ2n) is 4.37. The third-order valence-electron chi connectivity index (χ3n) is 3.58. The number of hydrogen-bond donors (Lipinski definition) is 0. The zero-order valence-corrected chi connectivity index (χ0v) is 7.03. The van der Waals surface area contributed by atoms with Crippen LogP contribution in [0.4, 0.5) is 0 Å². The SMILES string of the molecule is CC[C@H]1CCCC2(CC2)C1. The Morgan fingerprint density at radius 3 is 2.70 bits per heavy atom. The Bertz CT molecular complexity index is 122. The van der Waals surface area contributed by atoms with E-state index in [0.717, 1.165) is 11.3 Å². The molecule has 2 aliphatic rings. The molecule has 0 amide bonds. The lowest BCUT2D eigenvalue weighted by Gasteiger charge is -2.28. The van der Waals surface area contributed by atoms with Gasteiger partial charge >= 0.3 is 0 Å². The zero-order chi connectivity index (χ0) is 7.03. The molecule has 2 aliphatic carbocycles. The van der Waals surface area contributed by atoms with Gasteiger partial charge in [0.15, 0.2) is 0 Å². The average molecular weight is 138 g/mol. The van der Waals surface area contributed by atoms with Crippen LogP contribution in [0.5, 0.6) is 0 Å². The molecule has 1 spiro atoms. The summed E-state index contributed by atoms with van der Waals surface area (Å²) in [5, 5.41) is 0. The molecule has 0 aliphatic heterocycles. The average Bonchev–Trinajstić information content (AvgIpc) is 2.70. The lowest BCUT2D eigenvalue weighted by molar-refractivity contribution is 0.242. The van der Waals surface area contributed by atoms with Gasteiger partial charge in [-0.05, 0) is 37.0 Å². The number of hydrogen-bond acceptors (Lipinski definition) is 0. The van der Waals surface area contributed by atoms with Gasteiger partial charge in [0.25, 0.3) is 0 Å². The normalized spacial score (nSPS) is 36.3. The lowest BCUT2D eigenvalue weighted by atomic mass is 9.78. The summed E-state index contributed by atoms with van der Waals surface area (Å²) >= 11 is 0. The van der Waals surface area contributed by atoms with Gasteiger partial charge in [-0.15, -0.1) is 0 Å². The molecule has 2 saturated carbocycles. The molecule has 2 rings (SSSR count). The fraction of sp³-hybridized carbons (Fsp3) is 1.00. The maximum Gasteiger partial charge on any atom is -0.0294 e. The predicted octanol–water partition coefficient (Wildman–Crippen LogP) is 3.37. The highest BCUT2D eigenvalue weighted by Crippen LogP contribution is 2.57. The first-order valence-corrected chi connectivity index (χ1v) is 4.85. The Morgan fingerprint density at radius 2 is 2.10 bits per heavy atom. The van der Waals surface area contributed by atoms with Crippen molar-refractivity contribution in [2.24, 2.45) is 11.3 Å². The van der Waals surface area contributed by atoms with Crippen molar-refractivity contribution in [3.8, 4) is 0 Å². The Labute approximate surface area is 64.0 Å². The van der Waals surface area contributed by atoms with Crippen molar-refractivity contribution in [2.75, 3.05) is 0 Å². The summed E-state index contributed by atoms with van der Waals surface area (Å²) in [5.41, 5.74) is 0.902. The monoisotopic (exact) mass is 138 g/mol. The van der Waals surface area contributed by atoms with Crippen LogP contribution in [-0.4, -0.2) is 0 Å². The quantitative estimate of drug-likeness (QED) is 0.521. The summed E-state index contributed by atoms with van der Waals surface area (Å²) in [6.45, 7) is 2.35. The largest absolute Gasteiger partial charge is 0.0651 e. The molecular formula is C10H18. The molecular weight excluding hydrogens is 120 g/mol. The van der Waals surface area contributed by atoms with Crippen LogP contribution in [0.3, 0.4) is 0 Å². The van der Waals surface area contributed by atoms with Crippen molar-refractivity contribution in [3.05, 3.63) is 0 Å². The Morgan fingerprint density at radius 1 is 1.30 bits per heavy atom. The lowest BCUT2D eigenvalue weighted by Crippen LogP contribution is -2.15. The number of rotatable bonds is 1. The summed E-state index contributed by atoms with van der Waals surface area (Å²) in [5.74, 6) is 1.09. The minimum Gasteiger partial charge on any atom is -0.0651 e. The van der Waals surface area contributed by atoms with Crippen LogP contribution < -0.4 is 0 Å². The fourth-order valence-electron chi connectivity index (χ4n) is 2.56. The van der Waals surface area contributed by atoms with E-state index in [0.29, 0.717) is 0 Å². The van der Waals surface area contributed by atoms with Crippen LogP contribution in [0.1, 0.15) is 51.9 Å². The Hall–Kier alpha value is 0. The van der Waals surface area contributed by atoms with Crippen LogP contribution in [-0.2, 0) is 0 Å². The van der Waals surface area contributed by atoms with E-state index >= 15 is 0 Å². The van der Waals surface area contributed by atoms with Gasteiger partial charge in [0.1, 0.15) is 0 Å². The van der Waals surface area contributed by atoms with Crippen molar-refractivity contribution < 1.29 is 0 Å². The second kappa shape index (κ2) is 2.25. The maximum absolute atomic E-state index is 2.35. The molecule has 0 aromatic carbocycles. The third-order valence-corrected chi connectivity index (χ3v) is 3.58. The molecule has 0 nitrogen and oxygen atoms in total.